The van der Waals surface area contributed by atoms with Crippen molar-refractivity contribution in [3.05, 3.63) is 27.5 Å². The molecule has 2 atom stereocenters. The fourth-order valence-corrected chi connectivity index (χ4v) is 4.82. The first-order valence-electron chi connectivity index (χ1n) is 7.33. The number of carbonyl (C=O) groups excluding carboxylic acids is 1. The van der Waals surface area contributed by atoms with E-state index in [4.69, 9.17) is 5.73 Å². The molecule has 0 bridgehead atoms. The predicted molar refractivity (Wildman–Crippen MR) is 92.9 cm³/mol. The molecular weight excluding hydrogens is 348 g/mol. The Hall–Kier alpha value is -1.07. The summed E-state index contributed by atoms with van der Waals surface area (Å²) in [6, 6.07) is 6.63. The quantitative estimate of drug-likeness (QED) is 0.840. The summed E-state index contributed by atoms with van der Waals surface area (Å²) in [6.45, 7) is 4.28. The van der Waals surface area contributed by atoms with E-state index in [1.807, 2.05) is 23.1 Å². The molecule has 1 aromatic carbocycles. The summed E-state index contributed by atoms with van der Waals surface area (Å²) in [7, 11) is 0. The SMILES string of the molecule is CCC1CCC(C)N1C(=O)c1sc2cc(Br)ccc2c1N. The van der Waals surface area contributed by atoms with Gasteiger partial charge in [0.1, 0.15) is 4.88 Å². The number of hydrogen-bond donors (Lipinski definition) is 1. The largest absolute Gasteiger partial charge is 0.397 e. The molecule has 1 aromatic heterocycles. The maximum atomic E-state index is 12.9. The third-order valence-electron chi connectivity index (χ3n) is 4.38. The zero-order chi connectivity index (χ0) is 15.1. The Balaban J connectivity index is 2.03. The average Bonchev–Trinajstić information content (AvgIpc) is 2.98. The van der Waals surface area contributed by atoms with Crippen molar-refractivity contribution < 1.29 is 4.79 Å². The Labute approximate surface area is 137 Å². The summed E-state index contributed by atoms with van der Waals surface area (Å²) in [4.78, 5) is 15.7. The standard InChI is InChI=1S/C16H19BrN2OS/c1-3-11-6-4-9(2)19(11)16(20)15-14(18)12-7-5-10(17)8-13(12)21-15/h5,7-9,11H,3-4,6,18H2,1-2H3. The monoisotopic (exact) mass is 366 g/mol. The lowest BCUT2D eigenvalue weighted by Gasteiger charge is -2.27. The average molecular weight is 367 g/mol. The van der Waals surface area contributed by atoms with E-state index in [-0.39, 0.29) is 5.91 Å². The van der Waals surface area contributed by atoms with Crippen molar-refractivity contribution in [1.29, 1.82) is 0 Å². The van der Waals surface area contributed by atoms with Crippen LogP contribution in [-0.2, 0) is 0 Å². The number of likely N-dealkylation sites (tertiary alicyclic amines) is 1. The lowest BCUT2D eigenvalue weighted by atomic mass is 10.1. The summed E-state index contributed by atoms with van der Waals surface area (Å²) >= 11 is 4.97. The molecule has 1 saturated heterocycles. The van der Waals surface area contributed by atoms with Crippen molar-refractivity contribution >= 4 is 48.9 Å². The van der Waals surface area contributed by atoms with Gasteiger partial charge in [-0.1, -0.05) is 28.9 Å². The minimum absolute atomic E-state index is 0.0988. The van der Waals surface area contributed by atoms with Crippen LogP contribution in [-0.4, -0.2) is 22.9 Å². The highest BCUT2D eigenvalue weighted by Gasteiger charge is 2.35. The Kier molecular flexibility index (Phi) is 3.97. The summed E-state index contributed by atoms with van der Waals surface area (Å²) in [6.07, 6.45) is 3.19. The Morgan fingerprint density at radius 2 is 2.24 bits per heavy atom. The summed E-state index contributed by atoms with van der Waals surface area (Å²) in [5.41, 5.74) is 6.86. The predicted octanol–water partition coefficient (Wildman–Crippen LogP) is 4.65. The van der Waals surface area contributed by atoms with E-state index >= 15 is 0 Å². The molecule has 0 saturated carbocycles. The topological polar surface area (TPSA) is 46.3 Å². The minimum atomic E-state index is 0.0988. The molecular formula is C16H19BrN2OS. The molecule has 3 rings (SSSR count). The van der Waals surface area contributed by atoms with Crippen LogP contribution in [0.5, 0.6) is 0 Å². The molecule has 1 aliphatic heterocycles. The first kappa shape index (κ1) is 14.9. The fraction of sp³-hybridized carbons (Fsp3) is 0.438. The van der Waals surface area contributed by atoms with Gasteiger partial charge in [0.25, 0.3) is 5.91 Å². The number of nitrogens with zero attached hydrogens (tertiary/aromatic N) is 1. The normalized spacial score (nSPS) is 22.1. The molecule has 2 aromatic rings. The highest BCUT2D eigenvalue weighted by Crippen LogP contribution is 2.38. The van der Waals surface area contributed by atoms with Crippen molar-refractivity contribution in [3.63, 3.8) is 0 Å². The highest BCUT2D eigenvalue weighted by atomic mass is 79.9. The molecule has 0 aliphatic carbocycles. The molecule has 1 aliphatic rings. The number of benzene rings is 1. The van der Waals surface area contributed by atoms with Gasteiger partial charge in [0.05, 0.1) is 5.69 Å². The van der Waals surface area contributed by atoms with Crippen molar-refractivity contribution in [3.8, 4) is 0 Å². The molecule has 2 unspecified atom stereocenters. The fourth-order valence-electron chi connectivity index (χ4n) is 3.20. The zero-order valence-corrected chi connectivity index (χ0v) is 14.6. The molecule has 112 valence electrons. The van der Waals surface area contributed by atoms with E-state index in [9.17, 15) is 4.79 Å². The number of nitrogen functional groups attached to an aromatic ring is 1. The van der Waals surface area contributed by atoms with E-state index in [0.29, 0.717) is 22.6 Å². The number of rotatable bonds is 2. The zero-order valence-electron chi connectivity index (χ0n) is 12.2. The number of fused-ring (bicyclic) bond motifs is 1. The molecule has 5 heteroatoms. The van der Waals surface area contributed by atoms with Gasteiger partial charge < -0.3 is 10.6 Å². The number of carbonyl (C=O) groups is 1. The van der Waals surface area contributed by atoms with Crippen LogP contribution in [0.15, 0.2) is 22.7 Å². The minimum Gasteiger partial charge on any atom is -0.397 e. The maximum absolute atomic E-state index is 12.9. The van der Waals surface area contributed by atoms with Crippen molar-refractivity contribution in [2.24, 2.45) is 0 Å². The van der Waals surface area contributed by atoms with E-state index < -0.39 is 0 Å². The van der Waals surface area contributed by atoms with Crippen LogP contribution in [0, 0.1) is 0 Å². The second-order valence-electron chi connectivity index (χ2n) is 5.69. The van der Waals surface area contributed by atoms with Gasteiger partial charge in [-0.2, -0.15) is 0 Å². The maximum Gasteiger partial charge on any atom is 0.266 e. The van der Waals surface area contributed by atoms with Gasteiger partial charge in [-0.05, 0) is 38.3 Å². The van der Waals surface area contributed by atoms with Crippen molar-refractivity contribution in [1.82, 2.24) is 4.90 Å². The molecule has 1 fully saturated rings. The molecule has 3 nitrogen and oxygen atoms in total. The molecule has 2 N–H and O–H groups in total. The van der Waals surface area contributed by atoms with E-state index in [1.165, 1.54) is 11.3 Å². The van der Waals surface area contributed by atoms with Crippen molar-refractivity contribution in [2.75, 3.05) is 5.73 Å². The van der Waals surface area contributed by atoms with E-state index in [2.05, 4.69) is 29.8 Å². The van der Waals surface area contributed by atoms with Gasteiger partial charge in [0.2, 0.25) is 0 Å². The smallest absolute Gasteiger partial charge is 0.266 e. The van der Waals surface area contributed by atoms with Gasteiger partial charge in [0, 0.05) is 26.6 Å². The Morgan fingerprint density at radius 3 is 2.95 bits per heavy atom. The second-order valence-corrected chi connectivity index (χ2v) is 7.65. The van der Waals surface area contributed by atoms with Gasteiger partial charge in [-0.15, -0.1) is 11.3 Å². The number of anilines is 1. The summed E-state index contributed by atoms with van der Waals surface area (Å²) < 4.78 is 2.07. The lowest BCUT2D eigenvalue weighted by Crippen LogP contribution is -2.39. The number of amides is 1. The van der Waals surface area contributed by atoms with Crippen LogP contribution in [0.1, 0.15) is 42.8 Å². The Bertz CT molecular complexity index is 697. The van der Waals surface area contributed by atoms with Crippen LogP contribution in [0.3, 0.4) is 0 Å². The van der Waals surface area contributed by atoms with Gasteiger partial charge in [0.15, 0.2) is 0 Å². The third kappa shape index (κ3) is 2.46. The first-order valence-corrected chi connectivity index (χ1v) is 8.94. The second kappa shape index (κ2) is 5.61. The number of hydrogen-bond acceptors (Lipinski definition) is 3. The molecule has 1 amide bonds. The van der Waals surface area contributed by atoms with E-state index in [1.54, 1.807) is 0 Å². The first-order chi connectivity index (χ1) is 10.0. The van der Waals surface area contributed by atoms with Crippen LogP contribution in [0.4, 0.5) is 5.69 Å². The molecule has 2 heterocycles. The number of halogens is 1. The van der Waals surface area contributed by atoms with Gasteiger partial charge >= 0.3 is 0 Å². The number of nitrogens with two attached hydrogens (primary N) is 1. The summed E-state index contributed by atoms with van der Waals surface area (Å²) in [5, 5.41) is 0.978. The highest BCUT2D eigenvalue weighted by molar-refractivity contribution is 9.10. The van der Waals surface area contributed by atoms with Gasteiger partial charge in [-0.25, -0.2) is 0 Å². The molecule has 0 spiro atoms. The van der Waals surface area contributed by atoms with Crippen LogP contribution in [0.25, 0.3) is 10.1 Å². The van der Waals surface area contributed by atoms with Crippen LogP contribution < -0.4 is 5.73 Å². The molecule has 21 heavy (non-hydrogen) atoms. The number of thiophene rings is 1. The van der Waals surface area contributed by atoms with E-state index in [0.717, 1.165) is 33.8 Å². The Morgan fingerprint density at radius 1 is 1.48 bits per heavy atom. The lowest BCUT2D eigenvalue weighted by molar-refractivity contribution is 0.0682. The van der Waals surface area contributed by atoms with Crippen molar-refractivity contribution in [2.45, 2.75) is 45.2 Å². The van der Waals surface area contributed by atoms with Crippen LogP contribution in [0.2, 0.25) is 0 Å². The van der Waals surface area contributed by atoms with Crippen LogP contribution >= 0.6 is 27.3 Å². The summed E-state index contributed by atoms with van der Waals surface area (Å²) in [5.74, 6) is 0.0988. The molecule has 0 radical (unpaired) electrons. The third-order valence-corrected chi connectivity index (χ3v) is 6.03. The van der Waals surface area contributed by atoms with Gasteiger partial charge in [-0.3, -0.25) is 4.79 Å².